The van der Waals surface area contributed by atoms with E-state index in [4.69, 9.17) is 4.74 Å². The summed E-state index contributed by atoms with van der Waals surface area (Å²) in [6, 6.07) is 27.3. The lowest BCUT2D eigenvalue weighted by atomic mass is 10.00. The molecule has 144 valence electrons. The molecule has 0 aliphatic heterocycles. The lowest BCUT2D eigenvalue weighted by Gasteiger charge is -2.10. The predicted octanol–water partition coefficient (Wildman–Crippen LogP) is 4.98. The summed E-state index contributed by atoms with van der Waals surface area (Å²) in [4.78, 5) is 24.9. The largest absolute Gasteiger partial charge is 0.478 e. The fraction of sp³-hybridized carbons (Fsp3) is 0.0400. The average Bonchev–Trinajstić information content (AvgIpc) is 2.76. The van der Waals surface area contributed by atoms with Gasteiger partial charge >= 0.3 is 11.9 Å². The maximum Gasteiger partial charge on any atom is 0.339 e. The summed E-state index contributed by atoms with van der Waals surface area (Å²) in [6.07, 6.45) is 3.01. The quantitative estimate of drug-likeness (QED) is 0.354. The first-order chi connectivity index (χ1) is 14.1. The van der Waals surface area contributed by atoms with E-state index in [0.717, 1.165) is 5.56 Å². The SMILES string of the molecule is O=C(O)C(=C\c1ccccc1)/C(=C/c1ccccc1)C(=O)OCc1ccccc1. The fourth-order valence-corrected chi connectivity index (χ4v) is 2.73. The summed E-state index contributed by atoms with van der Waals surface area (Å²) in [7, 11) is 0. The normalized spacial score (nSPS) is 11.7. The van der Waals surface area contributed by atoms with Crippen molar-refractivity contribution in [1.82, 2.24) is 0 Å². The number of carbonyl (C=O) groups excluding carboxylic acids is 1. The average molecular weight is 384 g/mol. The molecule has 0 saturated carbocycles. The number of aliphatic carboxylic acids is 1. The summed E-state index contributed by atoms with van der Waals surface area (Å²) in [5.41, 5.74) is 2.07. The molecule has 0 amide bonds. The molecule has 0 aromatic heterocycles. The molecule has 0 fully saturated rings. The molecule has 3 rings (SSSR count). The minimum atomic E-state index is -1.20. The Morgan fingerprint density at radius 3 is 1.62 bits per heavy atom. The zero-order chi connectivity index (χ0) is 20.5. The number of carbonyl (C=O) groups is 2. The molecule has 3 aromatic carbocycles. The molecular weight excluding hydrogens is 364 g/mol. The van der Waals surface area contributed by atoms with E-state index in [1.54, 1.807) is 36.4 Å². The molecule has 4 heteroatoms. The molecular formula is C25H20O4. The zero-order valence-corrected chi connectivity index (χ0v) is 15.7. The smallest absolute Gasteiger partial charge is 0.339 e. The number of esters is 1. The number of carboxylic acid groups (broad SMARTS) is 1. The Morgan fingerprint density at radius 2 is 1.14 bits per heavy atom. The highest BCUT2D eigenvalue weighted by Crippen LogP contribution is 2.21. The fourth-order valence-electron chi connectivity index (χ4n) is 2.73. The van der Waals surface area contributed by atoms with E-state index in [-0.39, 0.29) is 17.8 Å². The van der Waals surface area contributed by atoms with E-state index >= 15 is 0 Å². The zero-order valence-electron chi connectivity index (χ0n) is 15.7. The van der Waals surface area contributed by atoms with Gasteiger partial charge < -0.3 is 9.84 Å². The molecule has 0 atom stereocenters. The molecule has 0 unspecified atom stereocenters. The van der Waals surface area contributed by atoms with Crippen LogP contribution < -0.4 is 0 Å². The predicted molar refractivity (Wildman–Crippen MR) is 113 cm³/mol. The standard InChI is InChI=1S/C25H20O4/c26-24(27)22(16-19-10-4-1-5-11-19)23(17-20-12-6-2-7-13-20)25(28)29-18-21-14-8-3-9-15-21/h1-17H,18H2,(H,26,27)/b22-16-,23-17-. The van der Waals surface area contributed by atoms with Gasteiger partial charge in [-0.3, -0.25) is 0 Å². The third-order valence-corrected chi connectivity index (χ3v) is 4.17. The van der Waals surface area contributed by atoms with Gasteiger partial charge in [-0.2, -0.15) is 0 Å². The van der Waals surface area contributed by atoms with Gasteiger partial charge in [-0.05, 0) is 28.8 Å². The maximum atomic E-state index is 12.9. The number of hydrogen-bond acceptors (Lipinski definition) is 3. The minimum Gasteiger partial charge on any atom is -0.478 e. The van der Waals surface area contributed by atoms with Crippen molar-refractivity contribution in [3.8, 4) is 0 Å². The van der Waals surface area contributed by atoms with Crippen molar-refractivity contribution in [1.29, 1.82) is 0 Å². The van der Waals surface area contributed by atoms with Gasteiger partial charge in [-0.15, -0.1) is 0 Å². The monoisotopic (exact) mass is 384 g/mol. The first-order valence-corrected chi connectivity index (χ1v) is 9.11. The molecule has 0 radical (unpaired) electrons. The summed E-state index contributed by atoms with van der Waals surface area (Å²) < 4.78 is 5.42. The van der Waals surface area contributed by atoms with E-state index in [2.05, 4.69) is 0 Å². The number of hydrogen-bond donors (Lipinski definition) is 1. The molecule has 0 aliphatic rings. The Bertz CT molecular complexity index is 1020. The second kappa shape index (κ2) is 9.85. The van der Waals surface area contributed by atoms with Crippen LogP contribution in [0.3, 0.4) is 0 Å². The second-order valence-electron chi connectivity index (χ2n) is 6.30. The summed E-state index contributed by atoms with van der Waals surface area (Å²) in [5, 5.41) is 9.80. The van der Waals surface area contributed by atoms with Crippen molar-refractivity contribution in [2.45, 2.75) is 6.61 Å². The summed E-state index contributed by atoms with van der Waals surface area (Å²) >= 11 is 0. The van der Waals surface area contributed by atoms with E-state index in [0.29, 0.717) is 11.1 Å². The van der Waals surface area contributed by atoms with Crippen LogP contribution in [-0.4, -0.2) is 17.0 Å². The lowest BCUT2D eigenvalue weighted by Crippen LogP contribution is -2.15. The first-order valence-electron chi connectivity index (χ1n) is 9.11. The van der Waals surface area contributed by atoms with Crippen molar-refractivity contribution in [3.63, 3.8) is 0 Å². The number of benzene rings is 3. The Labute approximate surface area is 169 Å². The number of ether oxygens (including phenoxy) is 1. The molecule has 0 aliphatic carbocycles. The molecule has 0 heterocycles. The van der Waals surface area contributed by atoms with Gasteiger partial charge in [0.1, 0.15) is 6.61 Å². The molecule has 0 bridgehead atoms. The minimum absolute atomic E-state index is 0.0107. The van der Waals surface area contributed by atoms with Crippen LogP contribution in [-0.2, 0) is 20.9 Å². The van der Waals surface area contributed by atoms with Crippen LogP contribution >= 0.6 is 0 Å². The van der Waals surface area contributed by atoms with Gasteiger partial charge in [0.15, 0.2) is 0 Å². The maximum absolute atomic E-state index is 12.9. The molecule has 4 nitrogen and oxygen atoms in total. The lowest BCUT2D eigenvalue weighted by molar-refractivity contribution is -0.141. The van der Waals surface area contributed by atoms with E-state index in [1.807, 2.05) is 54.6 Å². The second-order valence-corrected chi connectivity index (χ2v) is 6.30. The van der Waals surface area contributed by atoms with E-state index < -0.39 is 11.9 Å². The Balaban J connectivity index is 1.97. The molecule has 0 saturated heterocycles. The van der Waals surface area contributed by atoms with Crippen LogP contribution in [0.2, 0.25) is 0 Å². The molecule has 3 aromatic rings. The van der Waals surface area contributed by atoms with Gasteiger partial charge in [0.2, 0.25) is 0 Å². The van der Waals surface area contributed by atoms with Crippen LogP contribution in [0.5, 0.6) is 0 Å². The van der Waals surface area contributed by atoms with Gasteiger partial charge in [-0.1, -0.05) is 91.0 Å². The summed E-state index contributed by atoms with van der Waals surface area (Å²) in [5.74, 6) is -1.89. The van der Waals surface area contributed by atoms with Crippen LogP contribution in [0.1, 0.15) is 16.7 Å². The van der Waals surface area contributed by atoms with Crippen molar-refractivity contribution in [2.24, 2.45) is 0 Å². The third-order valence-electron chi connectivity index (χ3n) is 4.17. The molecule has 1 N–H and O–H groups in total. The van der Waals surface area contributed by atoms with Crippen LogP contribution in [0.25, 0.3) is 12.2 Å². The molecule has 0 spiro atoms. The highest BCUT2D eigenvalue weighted by Gasteiger charge is 2.22. The number of carboxylic acids is 1. The van der Waals surface area contributed by atoms with Crippen LogP contribution in [0, 0.1) is 0 Å². The Hall–Kier alpha value is -3.92. The topological polar surface area (TPSA) is 63.6 Å². The first kappa shape index (κ1) is 19.8. The summed E-state index contributed by atoms with van der Waals surface area (Å²) in [6.45, 7) is 0.0596. The van der Waals surface area contributed by atoms with Crippen molar-refractivity contribution < 1.29 is 19.4 Å². The van der Waals surface area contributed by atoms with E-state index in [1.165, 1.54) is 12.2 Å². The van der Waals surface area contributed by atoms with Crippen LogP contribution in [0.4, 0.5) is 0 Å². The van der Waals surface area contributed by atoms with Gasteiger partial charge in [0.25, 0.3) is 0 Å². The highest BCUT2D eigenvalue weighted by molar-refractivity contribution is 6.12. The van der Waals surface area contributed by atoms with Crippen molar-refractivity contribution >= 4 is 24.1 Å². The van der Waals surface area contributed by atoms with Gasteiger partial charge in [0.05, 0.1) is 11.1 Å². The van der Waals surface area contributed by atoms with E-state index in [9.17, 15) is 14.7 Å². The highest BCUT2D eigenvalue weighted by atomic mass is 16.5. The molecule has 29 heavy (non-hydrogen) atoms. The number of rotatable bonds is 7. The van der Waals surface area contributed by atoms with Crippen LogP contribution in [0.15, 0.2) is 102 Å². The van der Waals surface area contributed by atoms with Gasteiger partial charge in [-0.25, -0.2) is 9.59 Å². The van der Waals surface area contributed by atoms with Crippen molar-refractivity contribution in [2.75, 3.05) is 0 Å². The third kappa shape index (κ3) is 5.78. The van der Waals surface area contributed by atoms with Crippen molar-refractivity contribution in [3.05, 3.63) is 119 Å². The van der Waals surface area contributed by atoms with Gasteiger partial charge in [0, 0.05) is 0 Å². The Kier molecular flexibility index (Phi) is 6.74. The Morgan fingerprint density at radius 1 is 0.690 bits per heavy atom.